The molecule has 1 amide bonds. The van der Waals surface area contributed by atoms with E-state index in [0.717, 1.165) is 35.1 Å². The SMILES string of the molecule is CCCOC(C)(CCC)C(=O)Nc1ccc(OC)c2ccccc12. The fourth-order valence-corrected chi connectivity index (χ4v) is 2.87. The second kappa shape index (κ2) is 8.15. The number of rotatable bonds is 8. The summed E-state index contributed by atoms with van der Waals surface area (Å²) in [6.07, 6.45) is 2.46. The van der Waals surface area contributed by atoms with Gasteiger partial charge in [0.15, 0.2) is 0 Å². The van der Waals surface area contributed by atoms with Crippen molar-refractivity contribution in [3.63, 3.8) is 0 Å². The topological polar surface area (TPSA) is 47.6 Å². The van der Waals surface area contributed by atoms with Gasteiger partial charge in [0.1, 0.15) is 11.4 Å². The average molecular weight is 329 g/mol. The second-order valence-corrected chi connectivity index (χ2v) is 6.14. The number of methoxy groups -OCH3 is 1. The van der Waals surface area contributed by atoms with Crippen LogP contribution in [0.5, 0.6) is 5.75 Å². The van der Waals surface area contributed by atoms with Crippen LogP contribution in [0.1, 0.15) is 40.0 Å². The van der Waals surface area contributed by atoms with E-state index in [9.17, 15) is 4.79 Å². The number of fused-ring (bicyclic) bond motifs is 1. The average Bonchev–Trinajstić information content (AvgIpc) is 2.60. The van der Waals surface area contributed by atoms with Crippen LogP contribution in [0.15, 0.2) is 36.4 Å². The van der Waals surface area contributed by atoms with Crippen molar-refractivity contribution in [3.05, 3.63) is 36.4 Å². The Morgan fingerprint density at radius 3 is 2.42 bits per heavy atom. The van der Waals surface area contributed by atoms with Crippen molar-refractivity contribution in [1.29, 1.82) is 0 Å². The molecule has 24 heavy (non-hydrogen) atoms. The highest BCUT2D eigenvalue weighted by Gasteiger charge is 2.33. The quantitative estimate of drug-likeness (QED) is 0.758. The van der Waals surface area contributed by atoms with Gasteiger partial charge >= 0.3 is 0 Å². The third-order valence-corrected chi connectivity index (χ3v) is 4.18. The van der Waals surface area contributed by atoms with Gasteiger partial charge in [-0.3, -0.25) is 4.79 Å². The van der Waals surface area contributed by atoms with Crippen molar-refractivity contribution in [2.75, 3.05) is 19.0 Å². The smallest absolute Gasteiger partial charge is 0.256 e. The minimum atomic E-state index is -0.814. The lowest BCUT2D eigenvalue weighted by atomic mass is 9.98. The van der Waals surface area contributed by atoms with Gasteiger partial charge in [-0.15, -0.1) is 0 Å². The van der Waals surface area contributed by atoms with Crippen molar-refractivity contribution in [3.8, 4) is 5.75 Å². The molecule has 0 aromatic heterocycles. The zero-order valence-corrected chi connectivity index (χ0v) is 15.0. The predicted molar refractivity (Wildman–Crippen MR) is 98.7 cm³/mol. The van der Waals surface area contributed by atoms with Gasteiger partial charge in [0.05, 0.1) is 7.11 Å². The van der Waals surface area contributed by atoms with Gasteiger partial charge in [-0.25, -0.2) is 0 Å². The molecule has 0 spiro atoms. The third-order valence-electron chi connectivity index (χ3n) is 4.18. The minimum Gasteiger partial charge on any atom is -0.496 e. The third kappa shape index (κ3) is 3.88. The first-order valence-corrected chi connectivity index (χ1v) is 8.57. The predicted octanol–water partition coefficient (Wildman–Crippen LogP) is 4.77. The summed E-state index contributed by atoms with van der Waals surface area (Å²) in [5, 5.41) is 4.99. The number of hydrogen-bond acceptors (Lipinski definition) is 3. The summed E-state index contributed by atoms with van der Waals surface area (Å²) in [5.74, 6) is 0.690. The lowest BCUT2D eigenvalue weighted by molar-refractivity contribution is -0.140. The van der Waals surface area contributed by atoms with Crippen molar-refractivity contribution in [1.82, 2.24) is 0 Å². The van der Waals surface area contributed by atoms with Crippen LogP contribution >= 0.6 is 0 Å². The van der Waals surface area contributed by atoms with E-state index in [1.807, 2.05) is 50.2 Å². The summed E-state index contributed by atoms with van der Waals surface area (Å²) in [4.78, 5) is 12.9. The molecule has 1 N–H and O–H groups in total. The molecular weight excluding hydrogens is 302 g/mol. The molecule has 1 unspecified atom stereocenters. The van der Waals surface area contributed by atoms with Crippen molar-refractivity contribution in [2.24, 2.45) is 0 Å². The normalized spacial score (nSPS) is 13.5. The number of hydrogen-bond donors (Lipinski definition) is 1. The molecule has 0 fully saturated rings. The summed E-state index contributed by atoms with van der Waals surface area (Å²) in [6, 6.07) is 11.6. The summed E-state index contributed by atoms with van der Waals surface area (Å²) in [7, 11) is 1.65. The number of carbonyl (C=O) groups is 1. The van der Waals surface area contributed by atoms with Crippen LogP contribution in [-0.2, 0) is 9.53 Å². The lowest BCUT2D eigenvalue weighted by Gasteiger charge is -2.28. The van der Waals surface area contributed by atoms with Gasteiger partial charge in [-0.1, -0.05) is 44.5 Å². The molecule has 0 bridgehead atoms. The summed E-state index contributed by atoms with van der Waals surface area (Å²) >= 11 is 0. The Morgan fingerprint density at radius 2 is 1.79 bits per heavy atom. The van der Waals surface area contributed by atoms with Gasteiger partial charge in [0.25, 0.3) is 5.91 Å². The molecule has 4 heteroatoms. The van der Waals surface area contributed by atoms with E-state index in [0.29, 0.717) is 13.0 Å². The molecule has 0 saturated heterocycles. The molecule has 0 aliphatic heterocycles. The molecule has 130 valence electrons. The highest BCUT2D eigenvalue weighted by atomic mass is 16.5. The molecule has 0 heterocycles. The van der Waals surface area contributed by atoms with Crippen LogP contribution in [-0.4, -0.2) is 25.2 Å². The first-order valence-electron chi connectivity index (χ1n) is 8.57. The van der Waals surface area contributed by atoms with Gasteiger partial charge in [0, 0.05) is 23.1 Å². The highest BCUT2D eigenvalue weighted by molar-refractivity contribution is 6.06. The fraction of sp³-hybridized carbons (Fsp3) is 0.450. The Kier molecular flexibility index (Phi) is 6.21. The molecule has 2 rings (SSSR count). The van der Waals surface area contributed by atoms with Crippen LogP contribution in [0.25, 0.3) is 10.8 Å². The number of ether oxygens (including phenoxy) is 2. The maximum atomic E-state index is 12.9. The maximum Gasteiger partial charge on any atom is 0.256 e. The lowest BCUT2D eigenvalue weighted by Crippen LogP contribution is -2.43. The Bertz CT molecular complexity index is 698. The van der Waals surface area contributed by atoms with Crippen LogP contribution in [0, 0.1) is 0 Å². The highest BCUT2D eigenvalue weighted by Crippen LogP contribution is 2.32. The number of carbonyl (C=O) groups excluding carboxylic acids is 1. The van der Waals surface area contributed by atoms with Crippen LogP contribution in [0.2, 0.25) is 0 Å². The molecule has 4 nitrogen and oxygen atoms in total. The van der Waals surface area contributed by atoms with E-state index < -0.39 is 5.60 Å². The zero-order chi connectivity index (χ0) is 17.6. The Balaban J connectivity index is 2.32. The van der Waals surface area contributed by atoms with Gasteiger partial charge in [0.2, 0.25) is 0 Å². The summed E-state index contributed by atoms with van der Waals surface area (Å²) < 4.78 is 11.3. The van der Waals surface area contributed by atoms with E-state index in [-0.39, 0.29) is 5.91 Å². The van der Waals surface area contributed by atoms with Crippen molar-refractivity contribution < 1.29 is 14.3 Å². The minimum absolute atomic E-state index is 0.104. The Morgan fingerprint density at radius 1 is 1.08 bits per heavy atom. The van der Waals surface area contributed by atoms with Gasteiger partial charge in [-0.2, -0.15) is 0 Å². The number of amides is 1. The molecule has 2 aromatic rings. The van der Waals surface area contributed by atoms with Crippen LogP contribution < -0.4 is 10.1 Å². The Labute approximate surface area is 144 Å². The number of anilines is 1. The molecule has 0 aliphatic carbocycles. The van der Waals surface area contributed by atoms with E-state index in [1.54, 1.807) is 7.11 Å². The fourth-order valence-electron chi connectivity index (χ4n) is 2.87. The largest absolute Gasteiger partial charge is 0.496 e. The monoisotopic (exact) mass is 329 g/mol. The maximum absolute atomic E-state index is 12.9. The van der Waals surface area contributed by atoms with E-state index in [1.165, 1.54) is 0 Å². The van der Waals surface area contributed by atoms with E-state index in [4.69, 9.17) is 9.47 Å². The molecular formula is C20H27NO3. The van der Waals surface area contributed by atoms with E-state index >= 15 is 0 Å². The second-order valence-electron chi connectivity index (χ2n) is 6.14. The summed E-state index contributed by atoms with van der Waals surface area (Å²) in [5.41, 5.74) is -0.0370. The van der Waals surface area contributed by atoms with Gasteiger partial charge < -0.3 is 14.8 Å². The molecule has 0 aliphatic rings. The first kappa shape index (κ1) is 18.3. The van der Waals surface area contributed by atoms with Crippen molar-refractivity contribution in [2.45, 2.75) is 45.6 Å². The van der Waals surface area contributed by atoms with Crippen molar-refractivity contribution >= 4 is 22.4 Å². The number of nitrogens with one attached hydrogen (secondary N) is 1. The zero-order valence-electron chi connectivity index (χ0n) is 15.0. The molecule has 2 aromatic carbocycles. The standard InChI is InChI=1S/C20H27NO3/c1-5-13-20(3,24-14-6-2)19(22)21-17-11-12-18(23-4)16-10-8-7-9-15(16)17/h7-12H,5-6,13-14H2,1-4H3,(H,21,22). The van der Waals surface area contributed by atoms with E-state index in [2.05, 4.69) is 12.2 Å². The molecule has 1 atom stereocenters. The summed E-state index contributed by atoms with van der Waals surface area (Å²) in [6.45, 7) is 6.55. The molecule has 0 saturated carbocycles. The van der Waals surface area contributed by atoms with Gasteiger partial charge in [-0.05, 0) is 31.9 Å². The first-order chi connectivity index (χ1) is 11.6. The molecule has 0 radical (unpaired) electrons. The number of benzene rings is 2. The van der Waals surface area contributed by atoms with Crippen LogP contribution in [0.4, 0.5) is 5.69 Å². The van der Waals surface area contributed by atoms with Crippen LogP contribution in [0.3, 0.4) is 0 Å². The Hall–Kier alpha value is -2.07.